The molecule has 0 bridgehead atoms. The second-order valence-electron chi connectivity index (χ2n) is 6.27. The fraction of sp³-hybridized carbons (Fsp3) is 0.667. The minimum Gasteiger partial charge on any atom is -0.315 e. The Bertz CT molecular complexity index is 398. The molecule has 112 valence electrons. The lowest BCUT2D eigenvalue weighted by Gasteiger charge is -2.43. The van der Waals surface area contributed by atoms with Crippen molar-refractivity contribution in [2.45, 2.75) is 63.7 Å². The molecule has 20 heavy (non-hydrogen) atoms. The lowest BCUT2D eigenvalue weighted by atomic mass is 9.71. The molecule has 1 aromatic rings. The Morgan fingerprint density at radius 1 is 1.05 bits per heavy atom. The van der Waals surface area contributed by atoms with Crippen LogP contribution in [0.2, 0.25) is 5.02 Å². The zero-order valence-corrected chi connectivity index (χ0v) is 13.5. The Kier molecular flexibility index (Phi) is 6.38. The van der Waals surface area contributed by atoms with Gasteiger partial charge in [0, 0.05) is 23.5 Å². The molecule has 0 aromatic heterocycles. The summed E-state index contributed by atoms with van der Waals surface area (Å²) < 4.78 is 0. The molecule has 2 rings (SSSR count). The van der Waals surface area contributed by atoms with E-state index in [0.29, 0.717) is 5.41 Å². The summed E-state index contributed by atoms with van der Waals surface area (Å²) >= 11 is 6.14. The third-order valence-corrected chi connectivity index (χ3v) is 4.86. The minimum atomic E-state index is 0.355. The first kappa shape index (κ1) is 15.9. The Labute approximate surface area is 129 Å². The zero-order chi connectivity index (χ0) is 14.3. The summed E-state index contributed by atoms with van der Waals surface area (Å²) in [6.07, 6.45) is 11.0. The van der Waals surface area contributed by atoms with Crippen molar-refractivity contribution in [2.75, 3.05) is 13.1 Å². The summed E-state index contributed by atoms with van der Waals surface area (Å²) in [6, 6.07) is 8.46. The molecule has 0 saturated carbocycles. The molecule has 1 N–H and O–H groups in total. The summed E-state index contributed by atoms with van der Waals surface area (Å²) in [5.74, 6) is 0. The lowest BCUT2D eigenvalue weighted by Crippen LogP contribution is -2.56. The number of unbranched alkanes of at least 4 members (excludes halogenated alkanes) is 6. The maximum Gasteiger partial charge on any atom is 0.0408 e. The molecule has 1 nitrogen and oxygen atoms in total. The molecular weight excluding hydrogens is 266 g/mol. The standard InChI is InChI=1S/C18H28ClN/c1-2-3-4-5-6-7-8-12-18(14-20-15-18)16-10-9-11-17(19)13-16/h9-11,13,20H,2-8,12,14-15H2,1H3. The lowest BCUT2D eigenvalue weighted by molar-refractivity contribution is 0.249. The Hall–Kier alpha value is -0.530. The Morgan fingerprint density at radius 2 is 1.75 bits per heavy atom. The van der Waals surface area contributed by atoms with Crippen LogP contribution in [0.3, 0.4) is 0 Å². The number of nitrogens with one attached hydrogen (secondary N) is 1. The first-order valence-corrected chi connectivity index (χ1v) is 8.61. The Balaban J connectivity index is 1.75. The molecule has 0 atom stereocenters. The fourth-order valence-electron chi connectivity index (χ4n) is 3.19. The molecule has 1 aliphatic heterocycles. The summed E-state index contributed by atoms with van der Waals surface area (Å²) in [7, 11) is 0. The van der Waals surface area contributed by atoms with Crippen LogP contribution in [0.5, 0.6) is 0 Å². The normalized spacial score (nSPS) is 16.9. The van der Waals surface area contributed by atoms with Crippen molar-refractivity contribution in [3.8, 4) is 0 Å². The molecule has 1 aliphatic rings. The van der Waals surface area contributed by atoms with E-state index < -0.39 is 0 Å². The minimum absolute atomic E-state index is 0.355. The van der Waals surface area contributed by atoms with E-state index in [1.807, 2.05) is 6.07 Å². The van der Waals surface area contributed by atoms with Crippen LogP contribution in [0, 0.1) is 0 Å². The van der Waals surface area contributed by atoms with Crippen molar-refractivity contribution in [1.82, 2.24) is 5.32 Å². The van der Waals surface area contributed by atoms with Crippen LogP contribution in [-0.4, -0.2) is 13.1 Å². The van der Waals surface area contributed by atoms with E-state index in [-0.39, 0.29) is 0 Å². The molecule has 0 aliphatic carbocycles. The van der Waals surface area contributed by atoms with Crippen molar-refractivity contribution in [2.24, 2.45) is 0 Å². The number of hydrogen-bond acceptors (Lipinski definition) is 1. The number of rotatable bonds is 9. The second kappa shape index (κ2) is 8.05. The summed E-state index contributed by atoms with van der Waals surface area (Å²) in [4.78, 5) is 0. The van der Waals surface area contributed by atoms with Gasteiger partial charge in [-0.15, -0.1) is 0 Å². The van der Waals surface area contributed by atoms with Gasteiger partial charge in [-0.25, -0.2) is 0 Å². The van der Waals surface area contributed by atoms with Crippen molar-refractivity contribution in [3.05, 3.63) is 34.9 Å². The van der Waals surface area contributed by atoms with Crippen molar-refractivity contribution in [1.29, 1.82) is 0 Å². The zero-order valence-electron chi connectivity index (χ0n) is 12.8. The van der Waals surface area contributed by atoms with Gasteiger partial charge in [-0.05, 0) is 24.1 Å². The van der Waals surface area contributed by atoms with Crippen LogP contribution in [-0.2, 0) is 5.41 Å². The van der Waals surface area contributed by atoms with Crippen LogP contribution in [0.4, 0.5) is 0 Å². The van der Waals surface area contributed by atoms with Gasteiger partial charge in [0.2, 0.25) is 0 Å². The molecule has 0 spiro atoms. The van der Waals surface area contributed by atoms with E-state index in [9.17, 15) is 0 Å². The van der Waals surface area contributed by atoms with Gasteiger partial charge in [0.15, 0.2) is 0 Å². The maximum atomic E-state index is 6.14. The SMILES string of the molecule is CCCCCCCCCC1(c2cccc(Cl)c2)CNC1. The highest BCUT2D eigenvalue weighted by molar-refractivity contribution is 6.30. The molecule has 0 unspecified atom stereocenters. The largest absolute Gasteiger partial charge is 0.315 e. The fourth-order valence-corrected chi connectivity index (χ4v) is 3.38. The molecule has 1 fully saturated rings. The van der Waals surface area contributed by atoms with E-state index >= 15 is 0 Å². The van der Waals surface area contributed by atoms with Crippen LogP contribution in [0.25, 0.3) is 0 Å². The van der Waals surface area contributed by atoms with Gasteiger partial charge in [-0.1, -0.05) is 75.6 Å². The quantitative estimate of drug-likeness (QED) is 0.607. The number of hydrogen-bond donors (Lipinski definition) is 1. The highest BCUT2D eigenvalue weighted by atomic mass is 35.5. The van der Waals surface area contributed by atoms with E-state index in [1.165, 1.54) is 56.9 Å². The van der Waals surface area contributed by atoms with Gasteiger partial charge in [0.05, 0.1) is 0 Å². The van der Waals surface area contributed by atoms with Gasteiger partial charge in [0.1, 0.15) is 0 Å². The van der Waals surface area contributed by atoms with Crippen molar-refractivity contribution < 1.29 is 0 Å². The van der Waals surface area contributed by atoms with Gasteiger partial charge in [0.25, 0.3) is 0 Å². The molecule has 1 heterocycles. The topological polar surface area (TPSA) is 12.0 Å². The average Bonchev–Trinajstić information content (AvgIpc) is 2.40. The number of benzene rings is 1. The van der Waals surface area contributed by atoms with Gasteiger partial charge < -0.3 is 5.32 Å². The molecule has 0 radical (unpaired) electrons. The second-order valence-corrected chi connectivity index (χ2v) is 6.70. The smallest absolute Gasteiger partial charge is 0.0408 e. The van der Waals surface area contributed by atoms with Gasteiger partial charge >= 0.3 is 0 Å². The van der Waals surface area contributed by atoms with Crippen LogP contribution in [0.1, 0.15) is 63.9 Å². The monoisotopic (exact) mass is 293 g/mol. The molecule has 0 amide bonds. The van der Waals surface area contributed by atoms with E-state index in [0.717, 1.165) is 18.1 Å². The average molecular weight is 294 g/mol. The van der Waals surface area contributed by atoms with E-state index in [1.54, 1.807) is 0 Å². The van der Waals surface area contributed by atoms with Crippen LogP contribution in [0.15, 0.2) is 24.3 Å². The third-order valence-electron chi connectivity index (χ3n) is 4.62. The summed E-state index contributed by atoms with van der Waals surface area (Å²) in [5.41, 5.74) is 1.78. The summed E-state index contributed by atoms with van der Waals surface area (Å²) in [5, 5.41) is 4.31. The number of halogens is 1. The highest BCUT2D eigenvalue weighted by Gasteiger charge is 2.37. The van der Waals surface area contributed by atoms with Crippen LogP contribution < -0.4 is 5.32 Å². The predicted molar refractivity (Wildman–Crippen MR) is 88.6 cm³/mol. The van der Waals surface area contributed by atoms with Gasteiger partial charge in [-0.2, -0.15) is 0 Å². The molecule has 2 heteroatoms. The van der Waals surface area contributed by atoms with Gasteiger partial charge in [-0.3, -0.25) is 0 Å². The maximum absolute atomic E-state index is 6.14. The van der Waals surface area contributed by atoms with E-state index in [4.69, 9.17) is 11.6 Å². The van der Waals surface area contributed by atoms with Crippen LogP contribution >= 0.6 is 11.6 Å². The first-order chi connectivity index (χ1) is 9.77. The molecule has 1 saturated heterocycles. The highest BCUT2D eigenvalue weighted by Crippen LogP contribution is 2.35. The van der Waals surface area contributed by atoms with Crippen molar-refractivity contribution in [3.63, 3.8) is 0 Å². The predicted octanol–water partition coefficient (Wildman–Crippen LogP) is 5.32. The first-order valence-electron chi connectivity index (χ1n) is 8.24. The summed E-state index contributed by atoms with van der Waals surface area (Å²) in [6.45, 7) is 4.50. The molecule has 1 aromatic carbocycles. The van der Waals surface area contributed by atoms with E-state index in [2.05, 4.69) is 30.4 Å². The molecular formula is C18H28ClN. The third kappa shape index (κ3) is 4.23. The van der Waals surface area contributed by atoms with Crippen molar-refractivity contribution >= 4 is 11.6 Å². The Morgan fingerprint density at radius 3 is 2.35 bits per heavy atom.